The summed E-state index contributed by atoms with van der Waals surface area (Å²) in [5.74, 6) is 1.69. The van der Waals surface area contributed by atoms with Crippen molar-refractivity contribution >= 4 is 16.7 Å². The number of benzene rings is 1. The summed E-state index contributed by atoms with van der Waals surface area (Å²) in [5, 5.41) is 1.16. The van der Waals surface area contributed by atoms with Gasteiger partial charge in [-0.2, -0.15) is 0 Å². The van der Waals surface area contributed by atoms with E-state index in [-0.39, 0.29) is 0 Å². The van der Waals surface area contributed by atoms with Crippen molar-refractivity contribution in [2.24, 2.45) is 5.92 Å². The zero-order chi connectivity index (χ0) is 14.1. The lowest BCUT2D eigenvalue weighted by molar-refractivity contribution is 0.236. The molecular weight excluding hydrogens is 248 g/mol. The van der Waals surface area contributed by atoms with Crippen LogP contribution < -0.4 is 4.90 Å². The molecule has 1 unspecified atom stereocenters. The highest BCUT2D eigenvalue weighted by atomic mass is 15.3. The fourth-order valence-electron chi connectivity index (χ4n) is 3.01. The van der Waals surface area contributed by atoms with Crippen LogP contribution in [0.1, 0.15) is 13.8 Å². The van der Waals surface area contributed by atoms with E-state index in [2.05, 4.69) is 58.9 Å². The molecule has 0 spiro atoms. The Kier molecular flexibility index (Phi) is 3.57. The Balaban J connectivity index is 2.04. The van der Waals surface area contributed by atoms with Crippen LogP contribution in [0.5, 0.6) is 0 Å². The van der Waals surface area contributed by atoms with E-state index in [1.165, 1.54) is 0 Å². The number of nitrogens with zero attached hydrogens (tertiary/aromatic N) is 4. The maximum atomic E-state index is 4.58. The predicted molar refractivity (Wildman–Crippen MR) is 83.0 cm³/mol. The number of likely N-dealkylation sites (N-methyl/N-ethyl adjacent to an activating group) is 1. The second-order valence-corrected chi connectivity index (χ2v) is 5.98. The quantitative estimate of drug-likeness (QED) is 0.839. The normalized spacial score (nSPS) is 20.8. The van der Waals surface area contributed by atoms with Gasteiger partial charge >= 0.3 is 0 Å². The van der Waals surface area contributed by atoms with E-state index in [0.29, 0.717) is 12.0 Å². The number of hydrogen-bond donors (Lipinski definition) is 0. The minimum absolute atomic E-state index is 0.507. The van der Waals surface area contributed by atoms with Crippen molar-refractivity contribution in [3.05, 3.63) is 30.6 Å². The molecule has 0 aliphatic carbocycles. The number of anilines is 1. The highest BCUT2D eigenvalue weighted by molar-refractivity contribution is 5.89. The van der Waals surface area contributed by atoms with E-state index in [0.717, 1.165) is 36.4 Å². The van der Waals surface area contributed by atoms with Crippen molar-refractivity contribution < 1.29 is 0 Å². The van der Waals surface area contributed by atoms with Crippen LogP contribution in [0.15, 0.2) is 30.6 Å². The zero-order valence-electron chi connectivity index (χ0n) is 12.5. The fourth-order valence-corrected chi connectivity index (χ4v) is 3.01. The molecule has 0 bridgehead atoms. The highest BCUT2D eigenvalue weighted by Crippen LogP contribution is 2.28. The van der Waals surface area contributed by atoms with Crippen LogP contribution in [0, 0.1) is 5.92 Å². The van der Waals surface area contributed by atoms with E-state index in [4.69, 9.17) is 0 Å². The van der Waals surface area contributed by atoms with Gasteiger partial charge in [0.05, 0.1) is 5.52 Å². The maximum Gasteiger partial charge on any atom is 0.140 e. The summed E-state index contributed by atoms with van der Waals surface area (Å²) in [4.78, 5) is 13.8. The SMILES string of the molecule is CC(C)C1CN(C)CCN1c1ncnc2ccccc12. The molecule has 4 heteroatoms. The van der Waals surface area contributed by atoms with Crippen molar-refractivity contribution in [3.8, 4) is 0 Å². The monoisotopic (exact) mass is 270 g/mol. The molecule has 3 rings (SSSR count). The van der Waals surface area contributed by atoms with Gasteiger partial charge in [0.1, 0.15) is 12.1 Å². The molecule has 1 atom stereocenters. The summed E-state index contributed by atoms with van der Waals surface area (Å²) < 4.78 is 0. The Morgan fingerprint density at radius 2 is 1.95 bits per heavy atom. The number of para-hydroxylation sites is 1. The van der Waals surface area contributed by atoms with E-state index in [9.17, 15) is 0 Å². The summed E-state index contributed by atoms with van der Waals surface area (Å²) >= 11 is 0. The minimum atomic E-state index is 0.507. The van der Waals surface area contributed by atoms with E-state index in [1.807, 2.05) is 6.07 Å². The average Bonchev–Trinajstić information content (AvgIpc) is 2.46. The molecule has 106 valence electrons. The van der Waals surface area contributed by atoms with Gasteiger partial charge in [0, 0.05) is 31.1 Å². The van der Waals surface area contributed by atoms with Crippen LogP contribution in [0.4, 0.5) is 5.82 Å². The average molecular weight is 270 g/mol. The van der Waals surface area contributed by atoms with Gasteiger partial charge in [-0.3, -0.25) is 0 Å². The second-order valence-electron chi connectivity index (χ2n) is 5.98. The van der Waals surface area contributed by atoms with Crippen LogP contribution in [-0.2, 0) is 0 Å². The van der Waals surface area contributed by atoms with Gasteiger partial charge in [-0.05, 0) is 25.1 Å². The molecule has 1 aliphatic heterocycles. The third-order valence-corrected chi connectivity index (χ3v) is 4.19. The summed E-state index contributed by atoms with van der Waals surface area (Å²) in [5.41, 5.74) is 1.03. The lowest BCUT2D eigenvalue weighted by Gasteiger charge is -2.43. The van der Waals surface area contributed by atoms with Gasteiger partial charge < -0.3 is 9.80 Å². The summed E-state index contributed by atoms with van der Waals surface area (Å²) in [6.07, 6.45) is 1.69. The highest BCUT2D eigenvalue weighted by Gasteiger charge is 2.29. The van der Waals surface area contributed by atoms with Gasteiger partial charge in [-0.15, -0.1) is 0 Å². The smallest absolute Gasteiger partial charge is 0.140 e. The van der Waals surface area contributed by atoms with Crippen molar-refractivity contribution in [3.63, 3.8) is 0 Å². The first-order valence-electron chi connectivity index (χ1n) is 7.31. The molecule has 1 saturated heterocycles. The molecule has 1 aromatic heterocycles. The molecule has 2 heterocycles. The molecule has 1 aliphatic rings. The lowest BCUT2D eigenvalue weighted by Crippen LogP contribution is -2.54. The van der Waals surface area contributed by atoms with Crippen LogP contribution in [0.3, 0.4) is 0 Å². The Labute approximate surface area is 120 Å². The standard InChI is InChI=1S/C16H22N4/c1-12(2)15-10-19(3)8-9-20(15)16-13-6-4-5-7-14(13)17-11-18-16/h4-7,11-12,15H,8-10H2,1-3H3. The lowest BCUT2D eigenvalue weighted by atomic mass is 9.99. The topological polar surface area (TPSA) is 32.3 Å². The van der Waals surface area contributed by atoms with Crippen molar-refractivity contribution in [2.75, 3.05) is 31.6 Å². The first kappa shape index (κ1) is 13.3. The summed E-state index contributed by atoms with van der Waals surface area (Å²) in [6.45, 7) is 7.79. The molecule has 4 nitrogen and oxygen atoms in total. The van der Waals surface area contributed by atoms with E-state index in [1.54, 1.807) is 6.33 Å². The molecule has 1 fully saturated rings. The molecule has 20 heavy (non-hydrogen) atoms. The number of fused-ring (bicyclic) bond motifs is 1. The predicted octanol–water partition coefficient (Wildman–Crippen LogP) is 2.41. The zero-order valence-corrected chi connectivity index (χ0v) is 12.5. The fraction of sp³-hybridized carbons (Fsp3) is 0.500. The number of aromatic nitrogens is 2. The van der Waals surface area contributed by atoms with Gasteiger partial charge in [0.25, 0.3) is 0 Å². The van der Waals surface area contributed by atoms with E-state index >= 15 is 0 Å². The van der Waals surface area contributed by atoms with Gasteiger partial charge in [-0.25, -0.2) is 9.97 Å². The van der Waals surface area contributed by atoms with Crippen molar-refractivity contribution in [1.29, 1.82) is 0 Å². The Morgan fingerprint density at radius 3 is 2.75 bits per heavy atom. The van der Waals surface area contributed by atoms with Gasteiger partial charge in [0.2, 0.25) is 0 Å². The Hall–Kier alpha value is -1.68. The van der Waals surface area contributed by atoms with Crippen LogP contribution >= 0.6 is 0 Å². The molecular formula is C16H22N4. The van der Waals surface area contributed by atoms with Crippen molar-refractivity contribution in [2.45, 2.75) is 19.9 Å². The third-order valence-electron chi connectivity index (χ3n) is 4.19. The van der Waals surface area contributed by atoms with Crippen molar-refractivity contribution in [1.82, 2.24) is 14.9 Å². The van der Waals surface area contributed by atoms with Crippen LogP contribution in [0.25, 0.3) is 10.9 Å². The molecule has 0 N–H and O–H groups in total. The van der Waals surface area contributed by atoms with Crippen LogP contribution in [-0.4, -0.2) is 47.6 Å². The Bertz CT molecular complexity index is 591. The third kappa shape index (κ3) is 2.36. The van der Waals surface area contributed by atoms with Gasteiger partial charge in [-0.1, -0.05) is 26.0 Å². The first-order valence-corrected chi connectivity index (χ1v) is 7.31. The molecule has 0 saturated carbocycles. The maximum absolute atomic E-state index is 4.58. The van der Waals surface area contributed by atoms with Crippen LogP contribution in [0.2, 0.25) is 0 Å². The number of hydrogen-bond acceptors (Lipinski definition) is 4. The largest absolute Gasteiger partial charge is 0.350 e. The molecule has 0 amide bonds. The summed E-state index contributed by atoms with van der Waals surface area (Å²) in [7, 11) is 2.20. The van der Waals surface area contributed by atoms with E-state index < -0.39 is 0 Å². The molecule has 0 radical (unpaired) electrons. The number of piperazine rings is 1. The molecule has 2 aromatic rings. The number of rotatable bonds is 2. The minimum Gasteiger partial charge on any atom is -0.350 e. The second kappa shape index (κ2) is 5.37. The molecule has 1 aromatic carbocycles. The summed E-state index contributed by atoms with van der Waals surface area (Å²) in [6, 6.07) is 8.78. The first-order chi connectivity index (χ1) is 9.66. The van der Waals surface area contributed by atoms with Gasteiger partial charge in [0.15, 0.2) is 0 Å². The Morgan fingerprint density at radius 1 is 1.15 bits per heavy atom.